The Morgan fingerprint density at radius 2 is 1.83 bits per heavy atom. The largest absolute Gasteiger partial charge is 0.360 e. The normalized spacial score (nSPS) is 11.3. The number of thioether (sulfide) groups is 1. The van der Waals surface area contributed by atoms with Crippen LogP contribution in [0.3, 0.4) is 0 Å². The number of hydrogen-bond acceptors (Lipinski definition) is 6. The Balaban J connectivity index is 1.46. The van der Waals surface area contributed by atoms with E-state index in [1.54, 1.807) is 30.8 Å². The average molecular weight is 466 g/mol. The Kier molecular flexibility index (Phi) is 7.41. The predicted molar refractivity (Wildman–Crippen MR) is 119 cm³/mol. The van der Waals surface area contributed by atoms with Crippen molar-refractivity contribution in [2.24, 2.45) is 0 Å². The Bertz CT molecular complexity index is 1100. The predicted octanol–water partition coefficient (Wildman–Crippen LogP) is 4.95. The molecule has 2 N–H and O–H groups in total. The number of rotatable bonds is 9. The lowest BCUT2D eigenvalue weighted by molar-refractivity contribution is -0.116. The Hall–Kier alpha value is -2.49. The SMILES string of the molecule is Cc1cc(NS(=O)(=O)c2ccc(NC(=O)CCCSc3ccc(Cl)cc3)cc2)no1. The monoisotopic (exact) mass is 465 g/mol. The van der Waals surface area contributed by atoms with E-state index in [2.05, 4.69) is 15.2 Å². The smallest absolute Gasteiger partial charge is 0.263 e. The summed E-state index contributed by atoms with van der Waals surface area (Å²) in [7, 11) is -3.79. The summed E-state index contributed by atoms with van der Waals surface area (Å²) in [5.41, 5.74) is 0.529. The third kappa shape index (κ3) is 6.51. The molecule has 0 atom stereocenters. The minimum absolute atomic E-state index is 0.0560. The summed E-state index contributed by atoms with van der Waals surface area (Å²) < 4.78 is 31.9. The molecule has 0 aliphatic rings. The number of halogens is 1. The number of benzene rings is 2. The molecule has 7 nitrogen and oxygen atoms in total. The van der Waals surface area contributed by atoms with E-state index in [0.717, 1.165) is 10.6 Å². The van der Waals surface area contributed by atoms with Crippen molar-refractivity contribution in [1.82, 2.24) is 5.16 Å². The minimum atomic E-state index is -3.79. The van der Waals surface area contributed by atoms with Gasteiger partial charge in [-0.2, -0.15) is 0 Å². The number of carbonyl (C=O) groups excluding carboxylic acids is 1. The maximum absolute atomic E-state index is 12.4. The molecule has 10 heteroatoms. The topological polar surface area (TPSA) is 101 Å². The molecule has 0 unspecified atom stereocenters. The molecule has 158 valence electrons. The third-order valence-electron chi connectivity index (χ3n) is 3.95. The van der Waals surface area contributed by atoms with Crippen LogP contribution in [0.2, 0.25) is 5.02 Å². The molecule has 2 aromatic carbocycles. The maximum Gasteiger partial charge on any atom is 0.263 e. The Morgan fingerprint density at radius 3 is 2.47 bits per heavy atom. The van der Waals surface area contributed by atoms with Crippen LogP contribution in [0.5, 0.6) is 0 Å². The molecule has 3 rings (SSSR count). The van der Waals surface area contributed by atoms with Gasteiger partial charge in [-0.1, -0.05) is 16.8 Å². The van der Waals surface area contributed by atoms with Crippen LogP contribution in [0, 0.1) is 6.92 Å². The van der Waals surface area contributed by atoms with Crippen molar-refractivity contribution in [1.29, 1.82) is 0 Å². The van der Waals surface area contributed by atoms with E-state index in [1.165, 1.54) is 18.2 Å². The molecule has 30 heavy (non-hydrogen) atoms. The van der Waals surface area contributed by atoms with Crippen LogP contribution >= 0.6 is 23.4 Å². The molecular weight excluding hydrogens is 446 g/mol. The highest BCUT2D eigenvalue weighted by molar-refractivity contribution is 7.99. The molecule has 3 aromatic rings. The van der Waals surface area contributed by atoms with Crippen LogP contribution in [0.25, 0.3) is 0 Å². The molecule has 0 fully saturated rings. The second-order valence-electron chi connectivity index (χ2n) is 6.41. The summed E-state index contributed by atoms with van der Waals surface area (Å²) >= 11 is 7.52. The summed E-state index contributed by atoms with van der Waals surface area (Å²) in [5.74, 6) is 1.29. The van der Waals surface area contributed by atoms with E-state index in [0.29, 0.717) is 29.3 Å². The van der Waals surface area contributed by atoms with E-state index in [4.69, 9.17) is 16.1 Å². The molecule has 1 aromatic heterocycles. The zero-order valence-corrected chi connectivity index (χ0v) is 18.5. The number of aryl methyl sites for hydroxylation is 1. The van der Waals surface area contributed by atoms with Gasteiger partial charge in [0.05, 0.1) is 4.90 Å². The van der Waals surface area contributed by atoms with Crippen molar-refractivity contribution < 1.29 is 17.7 Å². The van der Waals surface area contributed by atoms with Crippen LogP contribution in [-0.4, -0.2) is 25.2 Å². The average Bonchev–Trinajstić information content (AvgIpc) is 3.11. The Labute approximate surface area is 184 Å². The van der Waals surface area contributed by atoms with Gasteiger partial charge in [0.2, 0.25) is 5.91 Å². The summed E-state index contributed by atoms with van der Waals surface area (Å²) in [6, 6.07) is 15.0. The van der Waals surface area contributed by atoms with E-state index < -0.39 is 10.0 Å². The number of nitrogens with one attached hydrogen (secondary N) is 2. The van der Waals surface area contributed by atoms with Gasteiger partial charge >= 0.3 is 0 Å². The van der Waals surface area contributed by atoms with Gasteiger partial charge in [-0.25, -0.2) is 8.42 Å². The van der Waals surface area contributed by atoms with Crippen LogP contribution < -0.4 is 10.0 Å². The third-order valence-corrected chi connectivity index (χ3v) is 6.67. The fourth-order valence-corrected chi connectivity index (χ4v) is 4.47. The lowest BCUT2D eigenvalue weighted by Gasteiger charge is -2.08. The zero-order chi connectivity index (χ0) is 21.6. The van der Waals surface area contributed by atoms with Crippen molar-refractivity contribution >= 4 is 50.8 Å². The fourth-order valence-electron chi connectivity index (χ4n) is 2.51. The van der Waals surface area contributed by atoms with Crippen molar-refractivity contribution in [3.05, 3.63) is 65.4 Å². The van der Waals surface area contributed by atoms with Crippen molar-refractivity contribution in [3.8, 4) is 0 Å². The van der Waals surface area contributed by atoms with Crippen LogP contribution in [0.15, 0.2) is 68.9 Å². The summed E-state index contributed by atoms with van der Waals surface area (Å²) in [4.78, 5) is 13.3. The molecule has 0 bridgehead atoms. The lowest BCUT2D eigenvalue weighted by atomic mass is 10.3. The van der Waals surface area contributed by atoms with Gasteiger partial charge in [0, 0.05) is 28.1 Å². The first-order chi connectivity index (χ1) is 14.3. The second-order valence-corrected chi connectivity index (χ2v) is 9.69. The van der Waals surface area contributed by atoms with E-state index in [9.17, 15) is 13.2 Å². The molecule has 0 aliphatic heterocycles. The minimum Gasteiger partial charge on any atom is -0.360 e. The van der Waals surface area contributed by atoms with Gasteiger partial charge < -0.3 is 9.84 Å². The van der Waals surface area contributed by atoms with Crippen LogP contribution in [-0.2, 0) is 14.8 Å². The highest BCUT2D eigenvalue weighted by Crippen LogP contribution is 2.22. The second kappa shape index (κ2) is 10.0. The van der Waals surface area contributed by atoms with Gasteiger partial charge in [-0.05, 0) is 67.6 Å². The van der Waals surface area contributed by atoms with E-state index >= 15 is 0 Å². The highest BCUT2D eigenvalue weighted by atomic mass is 35.5. The van der Waals surface area contributed by atoms with Crippen molar-refractivity contribution in [2.75, 3.05) is 15.8 Å². The van der Waals surface area contributed by atoms with Gasteiger partial charge in [0.25, 0.3) is 10.0 Å². The summed E-state index contributed by atoms with van der Waals surface area (Å²) in [6.45, 7) is 1.67. The fraction of sp³-hybridized carbons (Fsp3) is 0.200. The van der Waals surface area contributed by atoms with E-state index in [1.807, 2.05) is 24.3 Å². The lowest BCUT2D eigenvalue weighted by Crippen LogP contribution is -2.14. The molecule has 0 saturated heterocycles. The molecule has 1 amide bonds. The van der Waals surface area contributed by atoms with Gasteiger partial charge in [-0.3, -0.25) is 9.52 Å². The quantitative estimate of drug-likeness (QED) is 0.342. The zero-order valence-electron chi connectivity index (χ0n) is 16.1. The number of aromatic nitrogens is 1. The van der Waals surface area contributed by atoms with Gasteiger partial charge in [0.1, 0.15) is 5.76 Å². The number of carbonyl (C=O) groups is 1. The van der Waals surface area contributed by atoms with Crippen LogP contribution in [0.4, 0.5) is 11.5 Å². The first-order valence-electron chi connectivity index (χ1n) is 9.06. The molecule has 0 saturated carbocycles. The first kappa shape index (κ1) is 22.2. The van der Waals surface area contributed by atoms with E-state index in [-0.39, 0.29) is 16.6 Å². The van der Waals surface area contributed by atoms with Gasteiger partial charge in [0.15, 0.2) is 5.82 Å². The Morgan fingerprint density at radius 1 is 1.13 bits per heavy atom. The van der Waals surface area contributed by atoms with Crippen LogP contribution in [0.1, 0.15) is 18.6 Å². The highest BCUT2D eigenvalue weighted by Gasteiger charge is 2.16. The van der Waals surface area contributed by atoms with Crippen molar-refractivity contribution in [3.63, 3.8) is 0 Å². The standard InChI is InChI=1S/C20H20ClN3O4S2/c1-14-13-19(23-28-14)24-30(26,27)18-10-6-16(7-11-18)22-20(25)3-2-12-29-17-8-4-15(21)5-9-17/h4-11,13H,2-3,12H2,1H3,(H,22,25)(H,23,24). The molecule has 0 aliphatic carbocycles. The van der Waals surface area contributed by atoms with Crippen molar-refractivity contribution in [2.45, 2.75) is 29.6 Å². The molecular formula is C20H20ClN3O4S2. The summed E-state index contributed by atoms with van der Waals surface area (Å²) in [5, 5.41) is 7.08. The summed E-state index contributed by atoms with van der Waals surface area (Å²) in [6.07, 6.45) is 1.08. The number of amides is 1. The molecule has 0 radical (unpaired) electrons. The number of hydrogen-bond donors (Lipinski definition) is 2. The molecule has 0 spiro atoms. The number of nitrogens with zero attached hydrogens (tertiary/aromatic N) is 1. The van der Waals surface area contributed by atoms with Gasteiger partial charge in [-0.15, -0.1) is 11.8 Å². The first-order valence-corrected chi connectivity index (χ1v) is 11.9. The molecule has 1 heterocycles. The maximum atomic E-state index is 12.4. The number of anilines is 2. The number of sulfonamides is 1.